The summed E-state index contributed by atoms with van der Waals surface area (Å²) in [5, 5.41) is 3.46. The Labute approximate surface area is 97.3 Å². The molecular formula is C13H21FN2. The molecule has 1 aromatic heterocycles. The van der Waals surface area contributed by atoms with Crippen LogP contribution in [0.3, 0.4) is 0 Å². The Morgan fingerprint density at radius 1 is 1.25 bits per heavy atom. The van der Waals surface area contributed by atoms with Gasteiger partial charge in [0.1, 0.15) is 5.82 Å². The van der Waals surface area contributed by atoms with Crippen molar-refractivity contribution >= 4 is 0 Å². The summed E-state index contributed by atoms with van der Waals surface area (Å²) in [5.41, 5.74) is 0.920. The molecule has 0 radical (unpaired) electrons. The van der Waals surface area contributed by atoms with Crippen molar-refractivity contribution in [2.24, 2.45) is 5.92 Å². The van der Waals surface area contributed by atoms with E-state index in [1.807, 2.05) is 0 Å². The summed E-state index contributed by atoms with van der Waals surface area (Å²) in [6.45, 7) is 8.57. The first-order valence-electron chi connectivity index (χ1n) is 5.86. The van der Waals surface area contributed by atoms with Crippen LogP contribution in [0, 0.1) is 11.7 Å². The van der Waals surface area contributed by atoms with Crippen LogP contribution < -0.4 is 5.32 Å². The second-order valence-corrected chi connectivity index (χ2v) is 4.90. The minimum atomic E-state index is -0.281. The van der Waals surface area contributed by atoms with Gasteiger partial charge >= 0.3 is 0 Å². The van der Waals surface area contributed by atoms with E-state index < -0.39 is 0 Å². The van der Waals surface area contributed by atoms with Gasteiger partial charge in [-0.25, -0.2) is 4.39 Å². The Balaban J connectivity index is 2.78. The minimum Gasteiger partial charge on any atom is -0.306 e. The third-order valence-electron chi connectivity index (χ3n) is 2.35. The second-order valence-electron chi connectivity index (χ2n) is 4.90. The average molecular weight is 224 g/mol. The van der Waals surface area contributed by atoms with Crippen molar-refractivity contribution < 1.29 is 4.39 Å². The fraction of sp³-hybridized carbons (Fsp3) is 0.615. The van der Waals surface area contributed by atoms with Gasteiger partial charge in [-0.2, -0.15) is 0 Å². The van der Waals surface area contributed by atoms with Crippen LogP contribution in [-0.4, -0.2) is 11.0 Å². The monoisotopic (exact) mass is 224 g/mol. The van der Waals surface area contributed by atoms with Gasteiger partial charge in [0.05, 0.1) is 11.9 Å². The second kappa shape index (κ2) is 5.94. The summed E-state index contributed by atoms with van der Waals surface area (Å²) < 4.78 is 12.8. The molecule has 1 aromatic rings. The number of rotatable bonds is 5. The Morgan fingerprint density at radius 2 is 1.94 bits per heavy atom. The van der Waals surface area contributed by atoms with E-state index in [4.69, 9.17) is 0 Å². The number of aromatic nitrogens is 1. The van der Waals surface area contributed by atoms with E-state index in [0.29, 0.717) is 12.0 Å². The molecule has 0 aliphatic rings. The lowest BCUT2D eigenvalue weighted by Gasteiger charge is -2.22. The van der Waals surface area contributed by atoms with E-state index in [9.17, 15) is 4.39 Å². The smallest absolute Gasteiger partial charge is 0.141 e. The van der Waals surface area contributed by atoms with Crippen molar-refractivity contribution in [1.82, 2.24) is 10.3 Å². The average Bonchev–Trinajstić information content (AvgIpc) is 2.16. The SMILES string of the molecule is CC(C)CC(NC(C)C)c1ccc(F)cn1. The fourth-order valence-electron chi connectivity index (χ4n) is 1.74. The quantitative estimate of drug-likeness (QED) is 0.830. The van der Waals surface area contributed by atoms with Crippen molar-refractivity contribution in [3.63, 3.8) is 0 Å². The molecule has 0 bridgehead atoms. The Bertz CT molecular complexity index is 296. The molecule has 0 fully saturated rings. The summed E-state index contributed by atoms with van der Waals surface area (Å²) in [5.74, 6) is 0.305. The normalized spacial score (nSPS) is 13.4. The Kier molecular flexibility index (Phi) is 4.87. The lowest BCUT2D eigenvalue weighted by molar-refractivity contribution is 0.393. The summed E-state index contributed by atoms with van der Waals surface area (Å²) in [7, 11) is 0. The molecule has 1 unspecified atom stereocenters. The molecule has 1 N–H and O–H groups in total. The number of hydrogen-bond donors (Lipinski definition) is 1. The van der Waals surface area contributed by atoms with Gasteiger partial charge in [-0.05, 0) is 24.5 Å². The highest BCUT2D eigenvalue weighted by Gasteiger charge is 2.15. The molecule has 1 rings (SSSR count). The molecule has 0 saturated carbocycles. The Hall–Kier alpha value is -0.960. The maximum Gasteiger partial charge on any atom is 0.141 e. The molecule has 0 aliphatic heterocycles. The topological polar surface area (TPSA) is 24.9 Å². The van der Waals surface area contributed by atoms with Gasteiger partial charge in [-0.3, -0.25) is 4.98 Å². The van der Waals surface area contributed by atoms with Gasteiger partial charge in [-0.15, -0.1) is 0 Å². The van der Waals surface area contributed by atoms with Crippen LogP contribution >= 0.6 is 0 Å². The maximum atomic E-state index is 12.8. The van der Waals surface area contributed by atoms with E-state index in [-0.39, 0.29) is 11.9 Å². The first kappa shape index (κ1) is 13.1. The molecule has 1 heterocycles. The summed E-state index contributed by atoms with van der Waals surface area (Å²) in [6.07, 6.45) is 2.29. The molecule has 0 aromatic carbocycles. The Morgan fingerprint density at radius 3 is 2.38 bits per heavy atom. The molecule has 0 amide bonds. The zero-order valence-corrected chi connectivity index (χ0v) is 10.5. The van der Waals surface area contributed by atoms with E-state index in [0.717, 1.165) is 12.1 Å². The summed E-state index contributed by atoms with van der Waals surface area (Å²) in [4.78, 5) is 4.15. The molecule has 90 valence electrons. The lowest BCUT2D eigenvalue weighted by atomic mass is 10.00. The van der Waals surface area contributed by atoms with Gasteiger partial charge in [0.15, 0.2) is 0 Å². The van der Waals surface area contributed by atoms with Gasteiger partial charge in [0.2, 0.25) is 0 Å². The highest BCUT2D eigenvalue weighted by molar-refractivity contribution is 5.10. The first-order chi connectivity index (χ1) is 7.49. The van der Waals surface area contributed by atoms with E-state index in [1.165, 1.54) is 12.3 Å². The highest BCUT2D eigenvalue weighted by atomic mass is 19.1. The molecule has 0 aliphatic carbocycles. The van der Waals surface area contributed by atoms with Gasteiger partial charge in [0.25, 0.3) is 0 Å². The van der Waals surface area contributed by atoms with Crippen molar-refractivity contribution in [3.8, 4) is 0 Å². The number of nitrogens with one attached hydrogen (secondary N) is 1. The maximum absolute atomic E-state index is 12.8. The third kappa shape index (κ3) is 4.27. The van der Waals surface area contributed by atoms with Crippen molar-refractivity contribution in [1.29, 1.82) is 0 Å². The van der Waals surface area contributed by atoms with E-state index >= 15 is 0 Å². The number of halogens is 1. The largest absolute Gasteiger partial charge is 0.306 e. The molecule has 16 heavy (non-hydrogen) atoms. The van der Waals surface area contributed by atoms with Crippen LogP contribution in [0.25, 0.3) is 0 Å². The number of nitrogens with zero attached hydrogens (tertiary/aromatic N) is 1. The third-order valence-corrected chi connectivity index (χ3v) is 2.35. The van der Waals surface area contributed by atoms with Crippen LogP contribution in [0.4, 0.5) is 4.39 Å². The molecular weight excluding hydrogens is 203 g/mol. The van der Waals surface area contributed by atoms with Crippen LogP contribution in [0.1, 0.15) is 45.9 Å². The lowest BCUT2D eigenvalue weighted by Crippen LogP contribution is -2.29. The predicted molar refractivity (Wildman–Crippen MR) is 64.7 cm³/mol. The number of pyridine rings is 1. The van der Waals surface area contributed by atoms with Crippen LogP contribution in [0.5, 0.6) is 0 Å². The standard InChI is InChI=1S/C13H21FN2/c1-9(2)7-13(16-10(3)4)12-6-5-11(14)8-15-12/h5-6,8-10,13,16H,7H2,1-4H3. The van der Waals surface area contributed by atoms with Crippen LogP contribution in [-0.2, 0) is 0 Å². The minimum absolute atomic E-state index is 0.209. The molecule has 3 heteroatoms. The van der Waals surface area contributed by atoms with E-state index in [1.54, 1.807) is 6.07 Å². The zero-order chi connectivity index (χ0) is 12.1. The molecule has 0 saturated heterocycles. The molecule has 2 nitrogen and oxygen atoms in total. The summed E-state index contributed by atoms with van der Waals surface area (Å²) >= 11 is 0. The molecule has 0 spiro atoms. The highest BCUT2D eigenvalue weighted by Crippen LogP contribution is 2.20. The van der Waals surface area contributed by atoms with Crippen LogP contribution in [0.2, 0.25) is 0 Å². The van der Waals surface area contributed by atoms with Crippen molar-refractivity contribution in [3.05, 3.63) is 29.8 Å². The number of hydrogen-bond acceptors (Lipinski definition) is 2. The van der Waals surface area contributed by atoms with Gasteiger partial charge in [-0.1, -0.05) is 27.7 Å². The van der Waals surface area contributed by atoms with E-state index in [2.05, 4.69) is 38.0 Å². The molecule has 1 atom stereocenters. The first-order valence-corrected chi connectivity index (χ1v) is 5.86. The van der Waals surface area contributed by atoms with Gasteiger partial charge in [0, 0.05) is 12.1 Å². The van der Waals surface area contributed by atoms with Gasteiger partial charge < -0.3 is 5.32 Å². The van der Waals surface area contributed by atoms with Crippen molar-refractivity contribution in [2.45, 2.75) is 46.2 Å². The van der Waals surface area contributed by atoms with Crippen LogP contribution in [0.15, 0.2) is 18.3 Å². The van der Waals surface area contributed by atoms with Crippen molar-refractivity contribution in [2.75, 3.05) is 0 Å². The fourth-order valence-corrected chi connectivity index (χ4v) is 1.74. The predicted octanol–water partition coefficient (Wildman–Crippen LogP) is 3.31. The zero-order valence-electron chi connectivity index (χ0n) is 10.5. The summed E-state index contributed by atoms with van der Waals surface area (Å²) in [6, 6.07) is 3.84.